The van der Waals surface area contributed by atoms with E-state index in [0.717, 1.165) is 43.9 Å². The van der Waals surface area contributed by atoms with Gasteiger partial charge >= 0.3 is 0 Å². The zero-order chi connectivity index (χ0) is 18.1. The molecular weight excluding hydrogens is 330 g/mol. The molecule has 2 fully saturated rings. The Bertz CT molecular complexity index is 764. The van der Waals surface area contributed by atoms with Gasteiger partial charge in [0.05, 0.1) is 6.54 Å². The van der Waals surface area contributed by atoms with Crippen LogP contribution in [-0.4, -0.2) is 56.6 Å². The van der Waals surface area contributed by atoms with Crippen LogP contribution in [0.5, 0.6) is 0 Å². The first-order valence-electron chi connectivity index (χ1n) is 9.57. The van der Waals surface area contributed by atoms with Crippen molar-refractivity contribution in [3.8, 4) is 0 Å². The summed E-state index contributed by atoms with van der Waals surface area (Å²) in [6.45, 7) is 4.12. The van der Waals surface area contributed by atoms with Crippen molar-refractivity contribution in [1.29, 1.82) is 0 Å². The Kier molecular flexibility index (Phi) is 4.80. The quantitative estimate of drug-likeness (QED) is 0.823. The minimum Gasteiger partial charge on any atom is -0.340 e. The summed E-state index contributed by atoms with van der Waals surface area (Å²) in [5, 5.41) is 3.99. The summed E-state index contributed by atoms with van der Waals surface area (Å²) in [5.41, 5.74) is 0.849. The summed E-state index contributed by atoms with van der Waals surface area (Å²) in [5.74, 6) is 1.51. The van der Waals surface area contributed by atoms with Gasteiger partial charge in [-0.25, -0.2) is 0 Å². The molecule has 0 aromatic carbocycles. The fourth-order valence-electron chi connectivity index (χ4n) is 3.89. The molecule has 2 aliphatic rings. The van der Waals surface area contributed by atoms with Gasteiger partial charge in [0, 0.05) is 38.3 Å². The normalized spacial score (nSPS) is 21.2. The lowest BCUT2D eigenvalue weighted by molar-refractivity contribution is 0.0746. The number of likely N-dealkylation sites (tertiary alicyclic amines) is 1. The maximum atomic E-state index is 13.0. The van der Waals surface area contributed by atoms with Crippen molar-refractivity contribution in [3.63, 3.8) is 0 Å². The van der Waals surface area contributed by atoms with Crippen molar-refractivity contribution in [2.45, 2.75) is 57.7 Å². The van der Waals surface area contributed by atoms with Gasteiger partial charge in [-0.3, -0.25) is 9.69 Å². The number of amides is 1. The van der Waals surface area contributed by atoms with Gasteiger partial charge in [-0.05, 0) is 51.3 Å². The molecule has 1 atom stereocenters. The largest absolute Gasteiger partial charge is 0.340 e. The Morgan fingerprint density at radius 2 is 2.15 bits per heavy atom. The smallest absolute Gasteiger partial charge is 0.270 e. The minimum absolute atomic E-state index is 0.180. The second-order valence-electron chi connectivity index (χ2n) is 7.55. The van der Waals surface area contributed by atoms with E-state index in [9.17, 15) is 4.79 Å². The van der Waals surface area contributed by atoms with Gasteiger partial charge in [-0.2, -0.15) is 4.98 Å². The molecule has 1 saturated carbocycles. The van der Waals surface area contributed by atoms with Crippen molar-refractivity contribution in [1.82, 2.24) is 24.5 Å². The average Bonchev–Trinajstić information content (AvgIpc) is 3.30. The van der Waals surface area contributed by atoms with Gasteiger partial charge in [0.15, 0.2) is 5.82 Å². The van der Waals surface area contributed by atoms with Gasteiger partial charge in [-0.1, -0.05) is 5.16 Å². The van der Waals surface area contributed by atoms with Crippen LogP contribution in [0.3, 0.4) is 0 Å². The maximum Gasteiger partial charge on any atom is 0.270 e. The van der Waals surface area contributed by atoms with Crippen molar-refractivity contribution >= 4 is 5.91 Å². The van der Waals surface area contributed by atoms with E-state index in [-0.39, 0.29) is 5.91 Å². The van der Waals surface area contributed by atoms with E-state index < -0.39 is 0 Å². The summed E-state index contributed by atoms with van der Waals surface area (Å²) >= 11 is 0. The van der Waals surface area contributed by atoms with Crippen molar-refractivity contribution in [2.24, 2.45) is 0 Å². The predicted molar refractivity (Wildman–Crippen MR) is 96.7 cm³/mol. The third-order valence-electron chi connectivity index (χ3n) is 5.51. The number of rotatable bonds is 5. The number of hydrogen-bond acceptors (Lipinski definition) is 5. The molecule has 26 heavy (non-hydrogen) atoms. The molecule has 2 aromatic heterocycles. The first kappa shape index (κ1) is 17.3. The summed E-state index contributed by atoms with van der Waals surface area (Å²) in [7, 11) is 2.10. The molecule has 7 heteroatoms. The fourth-order valence-corrected chi connectivity index (χ4v) is 3.89. The highest BCUT2D eigenvalue weighted by Crippen LogP contribution is 2.36. The van der Waals surface area contributed by atoms with Crippen LogP contribution in [0.2, 0.25) is 0 Å². The van der Waals surface area contributed by atoms with Crippen LogP contribution in [0.1, 0.15) is 60.3 Å². The first-order chi connectivity index (χ1) is 12.6. The lowest BCUT2D eigenvalue weighted by Crippen LogP contribution is -2.35. The Morgan fingerprint density at radius 3 is 2.88 bits per heavy atom. The molecule has 1 saturated heterocycles. The van der Waals surface area contributed by atoms with Gasteiger partial charge in [-0.15, -0.1) is 0 Å². The zero-order valence-electron chi connectivity index (χ0n) is 15.6. The molecule has 0 spiro atoms. The third kappa shape index (κ3) is 3.67. The van der Waals surface area contributed by atoms with Gasteiger partial charge in [0.25, 0.3) is 5.91 Å². The van der Waals surface area contributed by atoms with Crippen LogP contribution in [0, 0.1) is 6.92 Å². The average molecular weight is 357 g/mol. The van der Waals surface area contributed by atoms with E-state index in [0.29, 0.717) is 24.5 Å². The van der Waals surface area contributed by atoms with E-state index in [4.69, 9.17) is 4.52 Å². The molecule has 3 heterocycles. The van der Waals surface area contributed by atoms with Gasteiger partial charge in [0.2, 0.25) is 5.89 Å². The molecule has 1 aliphatic carbocycles. The molecule has 1 amide bonds. The van der Waals surface area contributed by atoms with Crippen molar-refractivity contribution in [3.05, 3.63) is 35.7 Å². The Labute approximate surface area is 154 Å². The van der Waals surface area contributed by atoms with E-state index in [1.165, 1.54) is 12.8 Å². The van der Waals surface area contributed by atoms with Gasteiger partial charge in [0.1, 0.15) is 5.69 Å². The predicted octanol–water partition coefficient (Wildman–Crippen LogP) is 2.64. The summed E-state index contributed by atoms with van der Waals surface area (Å²) < 4.78 is 7.22. The molecule has 2 aromatic rings. The molecule has 1 aliphatic heterocycles. The lowest BCUT2D eigenvalue weighted by atomic mass is 10.1. The highest BCUT2D eigenvalue weighted by molar-refractivity contribution is 5.92. The van der Waals surface area contributed by atoms with E-state index >= 15 is 0 Å². The third-order valence-corrected chi connectivity index (χ3v) is 5.51. The van der Waals surface area contributed by atoms with Crippen LogP contribution in [0.15, 0.2) is 22.9 Å². The highest BCUT2D eigenvalue weighted by atomic mass is 16.5. The second kappa shape index (κ2) is 7.23. The van der Waals surface area contributed by atoms with Crippen LogP contribution >= 0.6 is 0 Å². The minimum atomic E-state index is 0.180. The van der Waals surface area contributed by atoms with Crippen molar-refractivity contribution < 1.29 is 9.32 Å². The molecule has 0 bridgehead atoms. The van der Waals surface area contributed by atoms with E-state index in [1.54, 1.807) is 0 Å². The Morgan fingerprint density at radius 1 is 1.31 bits per heavy atom. The number of carbonyl (C=O) groups excluding carboxylic acids is 1. The fraction of sp³-hybridized carbons (Fsp3) is 0.632. The zero-order valence-corrected chi connectivity index (χ0v) is 15.6. The highest BCUT2D eigenvalue weighted by Gasteiger charge is 2.30. The molecule has 0 radical (unpaired) electrons. The topological polar surface area (TPSA) is 67.4 Å². The molecule has 4 rings (SSSR count). The number of aryl methyl sites for hydroxylation is 1. The molecule has 7 nitrogen and oxygen atoms in total. The maximum absolute atomic E-state index is 13.0. The van der Waals surface area contributed by atoms with Crippen LogP contribution in [-0.2, 0) is 6.54 Å². The summed E-state index contributed by atoms with van der Waals surface area (Å²) in [4.78, 5) is 21.6. The van der Waals surface area contributed by atoms with E-state index in [2.05, 4.69) is 26.7 Å². The van der Waals surface area contributed by atoms with E-state index in [1.807, 2.05) is 30.2 Å². The number of hydrogen-bond donors (Lipinski definition) is 0. The first-order valence-corrected chi connectivity index (χ1v) is 9.57. The molecule has 140 valence electrons. The van der Waals surface area contributed by atoms with Crippen LogP contribution < -0.4 is 0 Å². The number of aromatic nitrogens is 3. The standard InChI is InChI=1S/C19H27N5O2/c1-14-20-18(21-26-14)13-22(2)15-5-3-10-23(12-9-15)19(25)17-6-4-11-24(17)16-7-8-16/h4,6,11,15-16H,3,5,7-10,12-13H2,1-2H3/t15-/m0/s1. The SMILES string of the molecule is Cc1nc(CN(C)[C@H]2CCCN(C(=O)c3cccn3C3CC3)CC2)no1. The second-order valence-corrected chi connectivity index (χ2v) is 7.55. The molecule has 0 N–H and O–H groups in total. The Hall–Kier alpha value is -2.15. The van der Waals surface area contributed by atoms with Gasteiger partial charge < -0.3 is 14.0 Å². The van der Waals surface area contributed by atoms with Crippen LogP contribution in [0.25, 0.3) is 0 Å². The molecule has 0 unspecified atom stereocenters. The van der Waals surface area contributed by atoms with Crippen molar-refractivity contribution in [2.75, 3.05) is 20.1 Å². The summed E-state index contributed by atoms with van der Waals surface area (Å²) in [6.07, 6.45) is 7.51. The lowest BCUT2D eigenvalue weighted by Gasteiger charge is -2.26. The summed E-state index contributed by atoms with van der Waals surface area (Å²) in [6, 6.07) is 4.93. The van der Waals surface area contributed by atoms with Crippen LogP contribution in [0.4, 0.5) is 0 Å². The number of carbonyl (C=O) groups is 1. The monoisotopic (exact) mass is 357 g/mol. The molecular formula is C19H27N5O2. The number of nitrogens with zero attached hydrogens (tertiary/aromatic N) is 5. The Balaban J connectivity index is 1.36.